The largest absolute Gasteiger partial charge is 0.350 e. The van der Waals surface area contributed by atoms with Crippen molar-refractivity contribution >= 4 is 34.4 Å². The quantitative estimate of drug-likeness (QED) is 0.427. The van der Waals surface area contributed by atoms with E-state index in [0.717, 1.165) is 40.6 Å². The lowest BCUT2D eigenvalue weighted by Crippen LogP contribution is -2.22. The zero-order chi connectivity index (χ0) is 20.3. The summed E-state index contributed by atoms with van der Waals surface area (Å²) in [5, 5.41) is 14.3. The number of benzene rings is 2. The first-order chi connectivity index (χ1) is 14.7. The van der Waals surface area contributed by atoms with E-state index in [1.54, 1.807) is 18.5 Å². The predicted octanol–water partition coefficient (Wildman–Crippen LogP) is 4.06. The van der Waals surface area contributed by atoms with E-state index in [1.807, 2.05) is 54.6 Å². The number of amides is 1. The number of fused-ring (bicyclic) bond motifs is 1. The maximum Gasteiger partial charge on any atom is 0.244 e. The molecule has 0 unspecified atom stereocenters. The zero-order valence-corrected chi connectivity index (χ0v) is 16.2. The lowest BCUT2D eigenvalue weighted by molar-refractivity contribution is -0.116. The fraction of sp³-hybridized carbons (Fsp3) is 0.130. The Bertz CT molecular complexity index is 1220. The highest BCUT2D eigenvalue weighted by molar-refractivity contribution is 5.92. The van der Waals surface area contributed by atoms with Gasteiger partial charge in [0.15, 0.2) is 5.82 Å². The maximum atomic E-state index is 11.8. The Hall–Kier alpha value is -4.00. The van der Waals surface area contributed by atoms with Gasteiger partial charge in [-0.3, -0.25) is 9.89 Å². The van der Waals surface area contributed by atoms with E-state index in [9.17, 15) is 4.79 Å². The third-order valence-corrected chi connectivity index (χ3v) is 4.89. The lowest BCUT2D eigenvalue weighted by atomic mass is 10.1. The molecule has 30 heavy (non-hydrogen) atoms. The summed E-state index contributed by atoms with van der Waals surface area (Å²) in [5.74, 6) is 1.30. The number of carbonyl (C=O) groups excluding carboxylic acids is 1. The highest BCUT2D eigenvalue weighted by Crippen LogP contribution is 2.22. The van der Waals surface area contributed by atoms with Gasteiger partial charge in [-0.2, -0.15) is 5.10 Å². The summed E-state index contributed by atoms with van der Waals surface area (Å²) in [4.78, 5) is 20.8. The number of hydrogen-bond donors (Lipinski definition) is 3. The van der Waals surface area contributed by atoms with Gasteiger partial charge in [-0.25, -0.2) is 9.97 Å². The SMILES string of the molecule is O=C(C=Cc1ccc(-c2nccc(Nc3ccc4[nH]ncc4c3)n2)cc1)NC1CC1. The van der Waals surface area contributed by atoms with Gasteiger partial charge >= 0.3 is 0 Å². The molecule has 148 valence electrons. The standard InChI is InChI=1S/C23H20N6O/c30-22(27-18-6-7-18)10-3-15-1-4-16(5-2-15)23-24-12-11-21(28-23)26-19-8-9-20-17(13-19)14-25-29-20/h1-5,8-14,18H,6-7H2,(H,25,29)(H,27,30)(H,24,26,28). The van der Waals surface area contributed by atoms with Gasteiger partial charge in [0.25, 0.3) is 0 Å². The number of nitrogens with one attached hydrogen (secondary N) is 3. The minimum absolute atomic E-state index is 0.0442. The number of hydrogen-bond acceptors (Lipinski definition) is 5. The summed E-state index contributed by atoms with van der Waals surface area (Å²) < 4.78 is 0. The van der Waals surface area contributed by atoms with Gasteiger partial charge in [-0.05, 0) is 48.7 Å². The first kappa shape index (κ1) is 18.1. The molecule has 0 spiro atoms. The molecule has 1 aliphatic carbocycles. The molecule has 5 rings (SSSR count). The monoisotopic (exact) mass is 396 g/mol. The van der Waals surface area contributed by atoms with Crippen LogP contribution in [0.5, 0.6) is 0 Å². The van der Waals surface area contributed by atoms with Crippen molar-refractivity contribution in [2.24, 2.45) is 0 Å². The third-order valence-electron chi connectivity index (χ3n) is 4.89. The lowest BCUT2D eigenvalue weighted by Gasteiger charge is -2.07. The molecule has 0 aliphatic heterocycles. The molecule has 1 saturated carbocycles. The number of aromatic amines is 1. The third kappa shape index (κ3) is 4.20. The van der Waals surface area contributed by atoms with Gasteiger partial charge in [0.2, 0.25) is 5.91 Å². The molecule has 2 aromatic heterocycles. The Morgan fingerprint density at radius 1 is 1.10 bits per heavy atom. The highest BCUT2D eigenvalue weighted by atomic mass is 16.1. The fourth-order valence-electron chi connectivity index (χ4n) is 3.13. The number of carbonyl (C=O) groups is 1. The summed E-state index contributed by atoms with van der Waals surface area (Å²) in [7, 11) is 0. The molecule has 2 aromatic carbocycles. The van der Waals surface area contributed by atoms with E-state index in [1.165, 1.54) is 0 Å². The van der Waals surface area contributed by atoms with Crippen LogP contribution in [0.2, 0.25) is 0 Å². The molecule has 1 amide bonds. The summed E-state index contributed by atoms with van der Waals surface area (Å²) in [5.41, 5.74) is 3.78. The van der Waals surface area contributed by atoms with Gasteiger partial charge in [-0.15, -0.1) is 0 Å². The first-order valence-corrected chi connectivity index (χ1v) is 9.85. The first-order valence-electron chi connectivity index (χ1n) is 9.85. The molecule has 0 saturated heterocycles. The number of rotatable bonds is 6. The molecule has 0 bridgehead atoms. The Kier molecular flexibility index (Phi) is 4.69. The van der Waals surface area contributed by atoms with Crippen molar-refractivity contribution in [1.29, 1.82) is 0 Å². The molecule has 1 aliphatic rings. The van der Waals surface area contributed by atoms with Crippen molar-refractivity contribution in [3.63, 3.8) is 0 Å². The molecule has 0 atom stereocenters. The van der Waals surface area contributed by atoms with Crippen molar-refractivity contribution in [2.75, 3.05) is 5.32 Å². The molecule has 7 nitrogen and oxygen atoms in total. The van der Waals surface area contributed by atoms with Crippen LogP contribution >= 0.6 is 0 Å². The Balaban J connectivity index is 1.29. The van der Waals surface area contributed by atoms with Gasteiger partial charge in [0, 0.05) is 35.0 Å². The number of aromatic nitrogens is 4. The van der Waals surface area contributed by atoms with Gasteiger partial charge in [-0.1, -0.05) is 24.3 Å². The molecule has 0 radical (unpaired) electrons. The maximum absolute atomic E-state index is 11.8. The molecular formula is C23H20N6O. The molecule has 7 heteroatoms. The van der Waals surface area contributed by atoms with Crippen molar-refractivity contribution in [1.82, 2.24) is 25.5 Å². The molecule has 2 heterocycles. The Morgan fingerprint density at radius 2 is 1.97 bits per heavy atom. The van der Waals surface area contributed by atoms with Crippen LogP contribution < -0.4 is 10.6 Å². The van der Waals surface area contributed by atoms with Crippen LogP contribution in [-0.4, -0.2) is 32.1 Å². The summed E-state index contributed by atoms with van der Waals surface area (Å²) in [6, 6.07) is 16.0. The van der Waals surface area contributed by atoms with Crippen LogP contribution in [0.4, 0.5) is 11.5 Å². The minimum Gasteiger partial charge on any atom is -0.350 e. The van der Waals surface area contributed by atoms with Crippen molar-refractivity contribution in [3.05, 3.63) is 72.6 Å². The summed E-state index contributed by atoms with van der Waals surface area (Å²) >= 11 is 0. The summed E-state index contributed by atoms with van der Waals surface area (Å²) in [6.45, 7) is 0. The zero-order valence-electron chi connectivity index (χ0n) is 16.2. The van der Waals surface area contributed by atoms with Crippen LogP contribution in [0.15, 0.2) is 67.0 Å². The predicted molar refractivity (Wildman–Crippen MR) is 117 cm³/mol. The van der Waals surface area contributed by atoms with Crippen LogP contribution in [0.25, 0.3) is 28.4 Å². The minimum atomic E-state index is -0.0442. The van der Waals surface area contributed by atoms with E-state index >= 15 is 0 Å². The Labute approximate surface area is 173 Å². The van der Waals surface area contributed by atoms with E-state index < -0.39 is 0 Å². The van der Waals surface area contributed by atoms with E-state index in [-0.39, 0.29) is 5.91 Å². The summed E-state index contributed by atoms with van der Waals surface area (Å²) in [6.07, 6.45) is 9.08. The van der Waals surface area contributed by atoms with Gasteiger partial charge in [0.1, 0.15) is 5.82 Å². The fourth-order valence-corrected chi connectivity index (χ4v) is 3.13. The van der Waals surface area contributed by atoms with Crippen LogP contribution in [0.1, 0.15) is 18.4 Å². The smallest absolute Gasteiger partial charge is 0.244 e. The van der Waals surface area contributed by atoms with Crippen LogP contribution in [0.3, 0.4) is 0 Å². The van der Waals surface area contributed by atoms with Crippen LogP contribution in [0, 0.1) is 0 Å². The second-order valence-electron chi connectivity index (χ2n) is 7.30. The second-order valence-corrected chi connectivity index (χ2v) is 7.30. The number of nitrogens with zero attached hydrogens (tertiary/aromatic N) is 3. The van der Waals surface area contributed by atoms with Gasteiger partial charge < -0.3 is 10.6 Å². The Morgan fingerprint density at radius 3 is 2.80 bits per heavy atom. The van der Waals surface area contributed by atoms with Crippen molar-refractivity contribution in [3.8, 4) is 11.4 Å². The van der Waals surface area contributed by atoms with Crippen molar-refractivity contribution in [2.45, 2.75) is 18.9 Å². The van der Waals surface area contributed by atoms with Gasteiger partial charge in [0.05, 0.1) is 11.7 Å². The molecular weight excluding hydrogens is 376 g/mol. The molecule has 1 fully saturated rings. The molecule has 3 N–H and O–H groups in total. The average molecular weight is 396 g/mol. The second kappa shape index (κ2) is 7.79. The highest BCUT2D eigenvalue weighted by Gasteiger charge is 2.21. The van der Waals surface area contributed by atoms with E-state index in [2.05, 4.69) is 30.8 Å². The number of H-pyrrole nitrogens is 1. The van der Waals surface area contributed by atoms with E-state index in [4.69, 9.17) is 0 Å². The topological polar surface area (TPSA) is 95.6 Å². The molecule has 4 aromatic rings. The van der Waals surface area contributed by atoms with E-state index in [0.29, 0.717) is 17.7 Å². The normalized spacial score (nSPS) is 13.6. The average Bonchev–Trinajstić information content (AvgIpc) is 3.46. The van der Waals surface area contributed by atoms with Crippen molar-refractivity contribution < 1.29 is 4.79 Å². The number of anilines is 2. The van der Waals surface area contributed by atoms with Crippen LogP contribution in [-0.2, 0) is 4.79 Å².